The molecule has 0 aliphatic carbocycles. The second kappa shape index (κ2) is 12.4. The number of rotatable bonds is 11. The van der Waals surface area contributed by atoms with E-state index in [2.05, 4.69) is 35.0 Å². The van der Waals surface area contributed by atoms with E-state index in [1.165, 1.54) is 0 Å². The lowest BCUT2D eigenvalue weighted by Crippen LogP contribution is -2.33. The van der Waals surface area contributed by atoms with E-state index in [9.17, 15) is 33.1 Å². The number of hydrogen-bond acceptors (Lipinski definition) is 12. The summed E-state index contributed by atoms with van der Waals surface area (Å²) in [5.41, 5.74) is 11.8. The fourth-order valence-electron chi connectivity index (χ4n) is 2.76. The first kappa shape index (κ1) is 30.1. The number of nitrogens with one attached hydrogen (secondary N) is 1. The van der Waals surface area contributed by atoms with Crippen molar-refractivity contribution in [2.45, 2.75) is 24.9 Å². The number of azide groups is 1. The van der Waals surface area contributed by atoms with Crippen LogP contribution in [0.5, 0.6) is 0 Å². The molecule has 0 bridgehead atoms. The van der Waals surface area contributed by atoms with Gasteiger partial charge in [0.1, 0.15) is 24.6 Å². The van der Waals surface area contributed by atoms with E-state index in [0.29, 0.717) is 0 Å². The number of phosphoric acid groups is 3. The largest absolute Gasteiger partial charge is 0.490 e. The van der Waals surface area contributed by atoms with Crippen molar-refractivity contribution < 1.29 is 55.9 Å². The Labute approximate surface area is 200 Å². The maximum atomic E-state index is 12.3. The lowest BCUT2D eigenvalue weighted by Gasteiger charge is -2.20. The number of nitrogens with zero attached hydrogens (tertiary/aromatic N) is 4. The Kier molecular flexibility index (Phi) is 10.3. The summed E-state index contributed by atoms with van der Waals surface area (Å²) in [5.74, 6) is 4.90. The van der Waals surface area contributed by atoms with E-state index < -0.39 is 66.5 Å². The van der Waals surface area contributed by atoms with Crippen LogP contribution >= 0.6 is 23.5 Å². The minimum absolute atomic E-state index is 0.0729. The van der Waals surface area contributed by atoms with Crippen molar-refractivity contribution in [3.05, 3.63) is 43.0 Å². The van der Waals surface area contributed by atoms with Gasteiger partial charge in [-0.1, -0.05) is 17.0 Å². The summed E-state index contributed by atoms with van der Waals surface area (Å²) in [7, 11) is -16.8. The van der Waals surface area contributed by atoms with Crippen LogP contribution in [0.4, 0.5) is 0 Å². The van der Waals surface area contributed by atoms with Crippen molar-refractivity contribution in [1.29, 1.82) is 0 Å². The summed E-state index contributed by atoms with van der Waals surface area (Å²) >= 11 is 0. The number of phosphoric ester groups is 1. The molecular weight excluding hydrogens is 557 g/mol. The fraction of sp³-hybridized carbons (Fsp3) is 0.538. The van der Waals surface area contributed by atoms with Crippen molar-refractivity contribution >= 4 is 23.5 Å². The second-order valence-corrected chi connectivity index (χ2v) is 11.0. The summed E-state index contributed by atoms with van der Waals surface area (Å²) in [4.78, 5) is 64.7. The topological polar surface area (TPSA) is 308 Å². The minimum atomic E-state index is -5.75. The Balaban J connectivity index is 2.23. The third kappa shape index (κ3) is 9.37. The van der Waals surface area contributed by atoms with Crippen LogP contribution in [0, 0.1) is 11.8 Å². The van der Waals surface area contributed by atoms with Crippen molar-refractivity contribution in [1.82, 2.24) is 9.55 Å². The monoisotopic (exact) mass is 576 g/mol. The van der Waals surface area contributed by atoms with E-state index >= 15 is 0 Å². The Hall–Kier alpha value is -2.16. The highest BCUT2D eigenvalue weighted by Gasteiger charge is 2.43. The fourth-order valence-corrected chi connectivity index (χ4v) is 5.79. The molecule has 23 heteroatoms. The lowest BCUT2D eigenvalue weighted by molar-refractivity contribution is -0.0601. The van der Waals surface area contributed by atoms with Gasteiger partial charge < -0.3 is 34.8 Å². The summed E-state index contributed by atoms with van der Waals surface area (Å²) in [6.45, 7) is -1.51. The van der Waals surface area contributed by atoms with Gasteiger partial charge in [0.05, 0.1) is 19.3 Å². The Bertz CT molecular complexity index is 1320. The first-order valence-corrected chi connectivity index (χ1v) is 13.8. The van der Waals surface area contributed by atoms with Crippen LogP contribution in [0.2, 0.25) is 0 Å². The maximum absolute atomic E-state index is 12.3. The van der Waals surface area contributed by atoms with Gasteiger partial charge in [0.15, 0.2) is 0 Å². The van der Waals surface area contributed by atoms with Gasteiger partial charge in [0.25, 0.3) is 5.56 Å². The molecule has 1 fully saturated rings. The zero-order valence-electron chi connectivity index (χ0n) is 17.7. The molecule has 0 saturated carbocycles. The van der Waals surface area contributed by atoms with E-state index in [4.69, 9.17) is 30.5 Å². The zero-order chi connectivity index (χ0) is 27.1. The molecule has 200 valence electrons. The van der Waals surface area contributed by atoms with Gasteiger partial charge in [-0.05, 0) is 5.53 Å². The lowest BCUT2D eigenvalue weighted by atomic mass is 10.2. The van der Waals surface area contributed by atoms with Crippen LogP contribution in [0.25, 0.3) is 10.4 Å². The quantitative estimate of drug-likeness (QED) is 0.0613. The summed E-state index contributed by atoms with van der Waals surface area (Å²) in [5, 5.41) is 3.16. The molecule has 5 unspecified atom stereocenters. The molecule has 1 saturated heterocycles. The summed E-state index contributed by atoms with van der Waals surface area (Å²) in [6, 6.07) is 0. The molecule has 2 heterocycles. The van der Waals surface area contributed by atoms with Gasteiger partial charge >= 0.3 is 29.2 Å². The summed E-state index contributed by atoms with van der Waals surface area (Å²) < 4.78 is 57.7. The average molecular weight is 576 g/mol. The van der Waals surface area contributed by atoms with E-state index in [-0.39, 0.29) is 18.5 Å². The molecule has 0 radical (unpaired) electrons. The third-order valence-electron chi connectivity index (χ3n) is 4.01. The minimum Gasteiger partial charge on any atom is -0.369 e. The Morgan fingerprint density at radius 2 is 1.94 bits per heavy atom. The van der Waals surface area contributed by atoms with E-state index in [0.717, 1.165) is 10.8 Å². The molecule has 36 heavy (non-hydrogen) atoms. The number of aromatic amines is 1. The molecular formula is C13H19N6O14P3. The van der Waals surface area contributed by atoms with Crippen molar-refractivity contribution in [3.63, 3.8) is 0 Å². The SMILES string of the molecule is [N-]=[N+]=NCOC1CC(n2cc(C#CCN)c(=O)[nH]c2=O)OC1COP(=O)(O)OP(=O)(O)OP(=O)(O)O. The van der Waals surface area contributed by atoms with Crippen molar-refractivity contribution in [2.24, 2.45) is 10.8 Å². The number of nitrogens with two attached hydrogens (primary N) is 1. The van der Waals surface area contributed by atoms with Gasteiger partial charge in [0, 0.05) is 17.5 Å². The maximum Gasteiger partial charge on any atom is 0.490 e. The van der Waals surface area contributed by atoms with Gasteiger partial charge in [0.2, 0.25) is 0 Å². The molecule has 0 amide bonds. The van der Waals surface area contributed by atoms with Crippen LogP contribution in [0.3, 0.4) is 0 Å². The molecule has 0 spiro atoms. The third-order valence-corrected chi connectivity index (χ3v) is 7.81. The zero-order valence-corrected chi connectivity index (χ0v) is 20.4. The molecule has 1 aromatic rings. The Morgan fingerprint density at radius 3 is 2.56 bits per heavy atom. The van der Waals surface area contributed by atoms with Crippen LogP contribution < -0.4 is 17.0 Å². The average Bonchev–Trinajstić information content (AvgIpc) is 3.12. The second-order valence-electron chi connectivity index (χ2n) is 6.53. The standard InChI is InChI=1S/C13H19N6O14P3/c14-3-1-2-8-5-19(13(21)17-12(8)20)11-4-9(29-7-16-18-15)10(31-11)6-30-35(25,26)33-36(27,28)32-34(22,23)24/h5,9-11H,3-4,6-7,14H2,(H,25,26)(H,27,28)(H,17,20,21)(H2,22,23,24). The molecule has 0 aromatic carbocycles. The molecule has 5 atom stereocenters. The normalized spacial score (nSPS) is 23.1. The van der Waals surface area contributed by atoms with Crippen LogP contribution in [0.15, 0.2) is 20.9 Å². The van der Waals surface area contributed by atoms with Gasteiger partial charge in [-0.3, -0.25) is 18.9 Å². The molecule has 7 N–H and O–H groups in total. The number of aromatic nitrogens is 2. The number of ether oxygens (including phenoxy) is 2. The molecule has 1 aromatic heterocycles. The molecule has 2 rings (SSSR count). The highest BCUT2D eigenvalue weighted by atomic mass is 31.3. The van der Waals surface area contributed by atoms with Crippen molar-refractivity contribution in [2.75, 3.05) is 19.9 Å². The van der Waals surface area contributed by atoms with Gasteiger partial charge in [-0.15, -0.1) is 0 Å². The van der Waals surface area contributed by atoms with Crippen LogP contribution in [-0.4, -0.2) is 61.2 Å². The molecule has 20 nitrogen and oxygen atoms in total. The first-order chi connectivity index (χ1) is 16.7. The predicted octanol–water partition coefficient (Wildman–Crippen LogP) is -0.869. The molecule has 1 aliphatic heterocycles. The first-order valence-electron chi connectivity index (χ1n) is 9.27. The number of hydrogen-bond donors (Lipinski definition) is 6. The number of H-pyrrole nitrogens is 1. The van der Waals surface area contributed by atoms with E-state index in [1.807, 2.05) is 4.98 Å². The highest BCUT2D eigenvalue weighted by molar-refractivity contribution is 7.66. The Morgan fingerprint density at radius 1 is 1.25 bits per heavy atom. The van der Waals surface area contributed by atoms with Gasteiger partial charge in [-0.25, -0.2) is 18.5 Å². The smallest absolute Gasteiger partial charge is 0.369 e. The van der Waals surface area contributed by atoms with Crippen molar-refractivity contribution in [3.8, 4) is 11.8 Å². The predicted molar refractivity (Wildman–Crippen MR) is 114 cm³/mol. The van der Waals surface area contributed by atoms with Gasteiger partial charge in [-0.2, -0.15) is 8.62 Å². The van der Waals surface area contributed by atoms with Crippen LogP contribution in [-0.2, 0) is 36.3 Å². The molecule has 1 aliphatic rings. The van der Waals surface area contributed by atoms with Crippen LogP contribution in [0.1, 0.15) is 18.2 Å². The highest BCUT2D eigenvalue weighted by Crippen LogP contribution is 2.66. The van der Waals surface area contributed by atoms with E-state index in [1.54, 1.807) is 0 Å². The summed E-state index contributed by atoms with van der Waals surface area (Å²) in [6.07, 6.45) is -2.61.